The summed E-state index contributed by atoms with van der Waals surface area (Å²) in [5.41, 5.74) is 0. The third-order valence-corrected chi connectivity index (χ3v) is 1.23. The summed E-state index contributed by atoms with van der Waals surface area (Å²) in [5, 5.41) is 0. The van der Waals surface area contributed by atoms with Crippen LogP contribution in [0.3, 0.4) is 0 Å². The Labute approximate surface area is 56.2 Å². The van der Waals surface area contributed by atoms with Gasteiger partial charge in [0.15, 0.2) is 0 Å². The Morgan fingerprint density at radius 3 is 2.67 bits per heavy atom. The molecule has 1 radical (unpaired) electrons. The Kier molecular flexibility index (Phi) is 4.10. The fraction of sp³-hybridized carbons (Fsp3) is 0.714. The van der Waals surface area contributed by atoms with E-state index in [1.165, 1.54) is 0 Å². The lowest BCUT2D eigenvalue weighted by molar-refractivity contribution is -0.139. The fourth-order valence-electron chi connectivity index (χ4n) is 0.353. The average Bonchev–Trinajstić information content (AvgIpc) is 1.83. The summed E-state index contributed by atoms with van der Waals surface area (Å²) < 4.78 is 4.64. The highest BCUT2D eigenvalue weighted by Gasteiger charge is 1.99. The topological polar surface area (TPSA) is 26.3 Å². The zero-order valence-corrected chi connectivity index (χ0v) is 6.02. The van der Waals surface area contributed by atoms with Crippen LogP contribution in [0.5, 0.6) is 0 Å². The molecule has 0 saturated heterocycles. The summed E-state index contributed by atoms with van der Waals surface area (Å²) in [4.78, 5) is 10.1. The Hall–Kier alpha value is -0.530. The second kappa shape index (κ2) is 4.36. The normalized spacial score (nSPS) is 12.8. The van der Waals surface area contributed by atoms with Crippen LogP contribution in [0.15, 0.2) is 0 Å². The highest BCUT2D eigenvalue weighted by Crippen LogP contribution is 1.99. The lowest BCUT2D eigenvalue weighted by atomic mass is 10.1. The molecule has 0 aliphatic heterocycles. The first-order valence-corrected chi connectivity index (χ1v) is 3.15. The van der Waals surface area contributed by atoms with E-state index in [0.29, 0.717) is 12.5 Å². The van der Waals surface area contributed by atoms with Gasteiger partial charge in [0.1, 0.15) is 0 Å². The van der Waals surface area contributed by atoms with Crippen molar-refractivity contribution >= 4 is 5.97 Å². The van der Waals surface area contributed by atoms with E-state index in [4.69, 9.17) is 0 Å². The monoisotopic (exact) mass is 129 g/mol. The molecule has 0 aromatic carbocycles. The lowest BCUT2D eigenvalue weighted by Crippen LogP contribution is -2.07. The van der Waals surface area contributed by atoms with E-state index >= 15 is 0 Å². The maximum absolute atomic E-state index is 10.1. The molecule has 9 heavy (non-hydrogen) atoms. The summed E-state index contributed by atoms with van der Waals surface area (Å²) in [6.07, 6.45) is 1.04. The van der Waals surface area contributed by atoms with Crippen molar-refractivity contribution in [3.8, 4) is 0 Å². The van der Waals surface area contributed by atoms with Gasteiger partial charge in [0.2, 0.25) is 0 Å². The molecule has 1 unspecified atom stereocenters. The van der Waals surface area contributed by atoms with Crippen molar-refractivity contribution in [2.24, 2.45) is 5.92 Å². The highest BCUT2D eigenvalue weighted by molar-refractivity contribution is 5.73. The quantitative estimate of drug-likeness (QED) is 0.538. The van der Waals surface area contributed by atoms with Crippen LogP contribution in [0.1, 0.15) is 20.3 Å². The molecule has 0 bridgehead atoms. The summed E-state index contributed by atoms with van der Waals surface area (Å²) in [6.45, 7) is 7.67. The minimum atomic E-state index is -0.435. The van der Waals surface area contributed by atoms with Gasteiger partial charge in [0.05, 0.1) is 13.5 Å². The average molecular weight is 129 g/mol. The van der Waals surface area contributed by atoms with Gasteiger partial charge in [0.25, 0.3) is 0 Å². The molecule has 0 fully saturated rings. The van der Waals surface area contributed by atoms with Crippen molar-refractivity contribution in [2.45, 2.75) is 20.3 Å². The van der Waals surface area contributed by atoms with Crippen molar-refractivity contribution < 1.29 is 9.53 Å². The van der Waals surface area contributed by atoms with Crippen LogP contribution in [0.4, 0.5) is 0 Å². The molecule has 0 saturated carbocycles. The number of hydrogen-bond acceptors (Lipinski definition) is 2. The molecule has 0 amide bonds. The summed E-state index contributed by atoms with van der Waals surface area (Å²) in [5.74, 6) is 0.0194. The van der Waals surface area contributed by atoms with E-state index in [1.54, 1.807) is 0 Å². The molecule has 0 aromatic rings. The second-order valence-corrected chi connectivity index (χ2v) is 2.20. The van der Waals surface area contributed by atoms with E-state index in [2.05, 4.69) is 18.6 Å². The Bertz CT molecular complexity index is 88.9. The first-order valence-electron chi connectivity index (χ1n) is 3.15. The van der Waals surface area contributed by atoms with Crippen molar-refractivity contribution in [2.75, 3.05) is 6.61 Å². The van der Waals surface area contributed by atoms with Crippen molar-refractivity contribution in [1.29, 1.82) is 0 Å². The van der Waals surface area contributed by atoms with Gasteiger partial charge in [-0.3, -0.25) is 4.79 Å². The molecule has 0 spiro atoms. The minimum absolute atomic E-state index is 0.435. The molecule has 2 nitrogen and oxygen atoms in total. The van der Waals surface area contributed by atoms with Crippen LogP contribution < -0.4 is 0 Å². The molecular weight excluding hydrogens is 116 g/mol. The molecule has 0 N–H and O–H groups in total. The highest BCUT2D eigenvalue weighted by atomic mass is 16.5. The minimum Gasteiger partial charge on any atom is -0.465 e. The molecule has 0 heterocycles. The standard InChI is InChI=1S/C7H13O2/c1-4-6(2)5-9-7(3)8/h6H,3-5H2,1-2H3. The van der Waals surface area contributed by atoms with Gasteiger partial charge < -0.3 is 4.74 Å². The van der Waals surface area contributed by atoms with Gasteiger partial charge in [-0.15, -0.1) is 0 Å². The Balaban J connectivity index is 3.16. The van der Waals surface area contributed by atoms with Crippen molar-refractivity contribution in [1.82, 2.24) is 0 Å². The SMILES string of the molecule is [CH2]C(=O)OCC(C)CC. The molecule has 2 heteroatoms. The Morgan fingerprint density at radius 2 is 2.33 bits per heavy atom. The van der Waals surface area contributed by atoms with Crippen molar-refractivity contribution in [3.63, 3.8) is 0 Å². The number of esters is 1. The van der Waals surface area contributed by atoms with Gasteiger partial charge in [0, 0.05) is 0 Å². The van der Waals surface area contributed by atoms with E-state index in [-0.39, 0.29) is 0 Å². The van der Waals surface area contributed by atoms with Crippen LogP contribution in [0.25, 0.3) is 0 Å². The summed E-state index contributed by atoms with van der Waals surface area (Å²) in [6, 6.07) is 0. The third kappa shape index (κ3) is 5.34. The van der Waals surface area contributed by atoms with E-state index in [9.17, 15) is 4.79 Å². The number of hydrogen-bond donors (Lipinski definition) is 0. The molecule has 0 aliphatic carbocycles. The predicted octanol–water partition coefficient (Wildman–Crippen LogP) is 1.41. The zero-order valence-electron chi connectivity index (χ0n) is 6.02. The van der Waals surface area contributed by atoms with Crippen LogP contribution in [-0.4, -0.2) is 12.6 Å². The van der Waals surface area contributed by atoms with Gasteiger partial charge in [-0.05, 0) is 5.92 Å². The molecule has 0 aliphatic rings. The van der Waals surface area contributed by atoms with Gasteiger partial charge in [-0.25, -0.2) is 0 Å². The van der Waals surface area contributed by atoms with E-state index in [0.717, 1.165) is 6.42 Å². The van der Waals surface area contributed by atoms with Crippen molar-refractivity contribution in [3.05, 3.63) is 6.92 Å². The number of carbonyl (C=O) groups is 1. The van der Waals surface area contributed by atoms with Gasteiger partial charge in [-0.2, -0.15) is 0 Å². The third-order valence-electron chi connectivity index (χ3n) is 1.23. The van der Waals surface area contributed by atoms with Crippen LogP contribution in [0, 0.1) is 12.8 Å². The summed E-state index contributed by atoms with van der Waals surface area (Å²) in [7, 11) is 0. The first kappa shape index (κ1) is 8.47. The number of ether oxygens (including phenoxy) is 1. The summed E-state index contributed by atoms with van der Waals surface area (Å²) >= 11 is 0. The zero-order chi connectivity index (χ0) is 7.28. The lowest BCUT2D eigenvalue weighted by Gasteiger charge is -2.06. The van der Waals surface area contributed by atoms with Crippen LogP contribution in [-0.2, 0) is 9.53 Å². The largest absolute Gasteiger partial charge is 0.465 e. The maximum Gasteiger partial charge on any atom is 0.306 e. The second-order valence-electron chi connectivity index (χ2n) is 2.20. The maximum atomic E-state index is 10.1. The molecule has 0 rings (SSSR count). The first-order chi connectivity index (χ1) is 4.16. The predicted molar refractivity (Wildman–Crippen MR) is 35.8 cm³/mol. The van der Waals surface area contributed by atoms with Crippen LogP contribution in [0.2, 0.25) is 0 Å². The van der Waals surface area contributed by atoms with Crippen LogP contribution >= 0.6 is 0 Å². The van der Waals surface area contributed by atoms with E-state index < -0.39 is 5.97 Å². The fourth-order valence-corrected chi connectivity index (χ4v) is 0.353. The smallest absolute Gasteiger partial charge is 0.306 e. The van der Waals surface area contributed by atoms with Gasteiger partial charge >= 0.3 is 5.97 Å². The number of carbonyl (C=O) groups excluding carboxylic acids is 1. The Morgan fingerprint density at radius 1 is 1.78 bits per heavy atom. The molecular formula is C7H13O2. The van der Waals surface area contributed by atoms with E-state index in [1.807, 2.05) is 6.92 Å². The number of rotatable bonds is 3. The molecule has 0 aromatic heterocycles. The molecule has 1 atom stereocenters. The molecule has 53 valence electrons. The van der Waals surface area contributed by atoms with Gasteiger partial charge in [-0.1, -0.05) is 20.3 Å².